The Bertz CT molecular complexity index is 963. The topological polar surface area (TPSA) is 77.2 Å². The molecule has 0 spiro atoms. The molecule has 4 rings (SSSR count). The zero-order valence-corrected chi connectivity index (χ0v) is 15.0. The van der Waals surface area contributed by atoms with E-state index in [9.17, 15) is 9.00 Å². The summed E-state index contributed by atoms with van der Waals surface area (Å²) in [6.07, 6.45) is 4.02. The van der Waals surface area contributed by atoms with Crippen LogP contribution in [0.3, 0.4) is 0 Å². The van der Waals surface area contributed by atoms with Gasteiger partial charge in [-0.1, -0.05) is 12.1 Å². The summed E-state index contributed by atoms with van der Waals surface area (Å²) in [7, 11) is -1.18. The van der Waals surface area contributed by atoms with E-state index in [0.29, 0.717) is 16.3 Å². The third kappa shape index (κ3) is 3.63. The molecule has 26 heavy (non-hydrogen) atoms. The molecule has 2 amide bonds. The molecule has 1 fully saturated rings. The van der Waals surface area contributed by atoms with Gasteiger partial charge < -0.3 is 15.6 Å². The molecule has 1 atom stereocenters. The van der Waals surface area contributed by atoms with Gasteiger partial charge in [0.05, 0.1) is 4.90 Å². The first-order valence-electron chi connectivity index (χ1n) is 8.61. The van der Waals surface area contributed by atoms with Gasteiger partial charge in [0, 0.05) is 36.2 Å². The highest BCUT2D eigenvalue weighted by atomic mass is 32.2. The lowest BCUT2D eigenvalue weighted by atomic mass is 10.2. The van der Waals surface area contributed by atoms with Crippen LogP contribution in [0.1, 0.15) is 12.8 Å². The van der Waals surface area contributed by atoms with Crippen molar-refractivity contribution in [2.24, 2.45) is 0 Å². The van der Waals surface area contributed by atoms with Crippen molar-refractivity contribution in [2.75, 3.05) is 23.7 Å². The number of urea groups is 1. The number of hydrogen-bond donors (Lipinski definition) is 3. The highest BCUT2D eigenvalue weighted by Crippen LogP contribution is 2.21. The number of aromatic nitrogens is 1. The van der Waals surface area contributed by atoms with E-state index < -0.39 is 11.0 Å². The van der Waals surface area contributed by atoms with Crippen LogP contribution in [-0.4, -0.2) is 32.6 Å². The molecule has 2 heterocycles. The number of rotatable bonds is 4. The zero-order valence-electron chi connectivity index (χ0n) is 14.2. The van der Waals surface area contributed by atoms with Crippen LogP contribution in [0.5, 0.6) is 0 Å². The van der Waals surface area contributed by atoms with Gasteiger partial charge in [0.25, 0.3) is 0 Å². The molecule has 1 saturated heterocycles. The Morgan fingerprint density at radius 2 is 1.77 bits per heavy atom. The number of nitrogens with one attached hydrogen (secondary N) is 3. The van der Waals surface area contributed by atoms with E-state index >= 15 is 0 Å². The molecule has 1 aromatic heterocycles. The highest BCUT2D eigenvalue weighted by Gasteiger charge is 2.19. The second-order valence-electron chi connectivity index (χ2n) is 6.27. The van der Waals surface area contributed by atoms with E-state index in [1.165, 1.54) is 0 Å². The van der Waals surface area contributed by atoms with Gasteiger partial charge in [-0.2, -0.15) is 0 Å². The fourth-order valence-electron chi connectivity index (χ4n) is 3.10. The third-order valence-corrected chi connectivity index (χ3v) is 5.90. The molecule has 0 radical (unpaired) electrons. The van der Waals surface area contributed by atoms with E-state index in [1.54, 1.807) is 12.1 Å². The Balaban J connectivity index is 1.43. The first kappa shape index (κ1) is 16.8. The van der Waals surface area contributed by atoms with Crippen molar-refractivity contribution in [3.05, 3.63) is 54.7 Å². The van der Waals surface area contributed by atoms with Crippen LogP contribution >= 0.6 is 0 Å². The van der Waals surface area contributed by atoms with Gasteiger partial charge in [-0.25, -0.2) is 13.3 Å². The monoisotopic (exact) mass is 368 g/mol. The largest absolute Gasteiger partial charge is 0.361 e. The van der Waals surface area contributed by atoms with Gasteiger partial charge in [-0.15, -0.1) is 0 Å². The number of aromatic amines is 1. The molecule has 7 heteroatoms. The summed E-state index contributed by atoms with van der Waals surface area (Å²) >= 11 is 0. The fraction of sp³-hybridized carbons (Fsp3) is 0.211. The Kier molecular flexibility index (Phi) is 4.73. The van der Waals surface area contributed by atoms with Crippen molar-refractivity contribution < 1.29 is 9.00 Å². The molecule has 3 N–H and O–H groups in total. The number of H-pyrrole nitrogens is 1. The first-order chi connectivity index (χ1) is 12.7. The molecular weight excluding hydrogens is 348 g/mol. The fourth-order valence-corrected chi connectivity index (χ4v) is 4.42. The number of fused-ring (bicyclic) bond motifs is 1. The summed E-state index contributed by atoms with van der Waals surface area (Å²) in [6, 6.07) is 14.5. The number of carbonyl (C=O) groups is 1. The number of amides is 2. The molecule has 1 aliphatic rings. The van der Waals surface area contributed by atoms with Crippen molar-refractivity contribution in [3.8, 4) is 0 Å². The SMILES string of the molecule is O=C(Nc1cccc(S(=O)N2CCCC2)c1)Nc1ccc2cc[nH]c2c1. The lowest BCUT2D eigenvalue weighted by Gasteiger charge is -2.14. The molecule has 134 valence electrons. The predicted molar refractivity (Wildman–Crippen MR) is 105 cm³/mol. The number of nitrogens with zero attached hydrogens (tertiary/aromatic N) is 1. The standard InChI is InChI=1S/C19H20N4O2S/c24-19(22-16-7-6-14-8-9-20-18(14)13-16)21-15-4-3-5-17(12-15)26(25)23-10-1-2-11-23/h3-9,12-13,20H,1-2,10-11H2,(H2,21,22,24). The van der Waals surface area contributed by atoms with Crippen molar-refractivity contribution in [3.63, 3.8) is 0 Å². The number of anilines is 2. The van der Waals surface area contributed by atoms with Gasteiger partial charge >= 0.3 is 6.03 Å². The molecular formula is C19H20N4O2S. The average molecular weight is 368 g/mol. The highest BCUT2D eigenvalue weighted by molar-refractivity contribution is 7.82. The van der Waals surface area contributed by atoms with Crippen LogP contribution in [0.15, 0.2) is 59.6 Å². The minimum Gasteiger partial charge on any atom is -0.361 e. The number of carbonyl (C=O) groups excluding carboxylic acids is 1. The normalized spacial score (nSPS) is 15.8. The molecule has 1 aliphatic heterocycles. The van der Waals surface area contributed by atoms with Crippen LogP contribution in [-0.2, 0) is 11.0 Å². The maximum Gasteiger partial charge on any atom is 0.323 e. The first-order valence-corrected chi connectivity index (χ1v) is 9.72. The minimum absolute atomic E-state index is 0.333. The van der Waals surface area contributed by atoms with E-state index in [2.05, 4.69) is 15.6 Å². The summed E-state index contributed by atoms with van der Waals surface area (Å²) in [5.74, 6) is 0. The summed E-state index contributed by atoms with van der Waals surface area (Å²) in [4.78, 5) is 16.1. The van der Waals surface area contributed by atoms with Crippen LogP contribution in [0.25, 0.3) is 10.9 Å². The van der Waals surface area contributed by atoms with E-state index in [1.807, 2.05) is 46.9 Å². The minimum atomic E-state index is -1.18. The Morgan fingerprint density at radius 3 is 2.58 bits per heavy atom. The summed E-state index contributed by atoms with van der Waals surface area (Å²) in [5.41, 5.74) is 2.29. The lowest BCUT2D eigenvalue weighted by Crippen LogP contribution is -2.22. The third-order valence-electron chi connectivity index (χ3n) is 4.41. The number of benzene rings is 2. The van der Waals surface area contributed by atoms with Crippen molar-refractivity contribution in [1.82, 2.24) is 9.29 Å². The van der Waals surface area contributed by atoms with Gasteiger partial charge in [-0.3, -0.25) is 0 Å². The summed E-state index contributed by atoms with van der Waals surface area (Å²) in [6.45, 7) is 1.71. The maximum absolute atomic E-state index is 12.6. The molecule has 0 saturated carbocycles. The van der Waals surface area contributed by atoms with Crippen molar-refractivity contribution in [2.45, 2.75) is 17.7 Å². The molecule has 3 aromatic rings. The maximum atomic E-state index is 12.6. The second-order valence-corrected chi connectivity index (χ2v) is 7.76. The summed E-state index contributed by atoms with van der Waals surface area (Å²) in [5, 5.41) is 6.72. The van der Waals surface area contributed by atoms with Gasteiger partial charge in [0.2, 0.25) is 0 Å². The Morgan fingerprint density at radius 1 is 1.00 bits per heavy atom. The number of hydrogen-bond acceptors (Lipinski definition) is 2. The summed E-state index contributed by atoms with van der Waals surface area (Å²) < 4.78 is 14.5. The zero-order chi connectivity index (χ0) is 17.9. The quantitative estimate of drug-likeness (QED) is 0.652. The molecule has 6 nitrogen and oxygen atoms in total. The smallest absolute Gasteiger partial charge is 0.323 e. The predicted octanol–water partition coefficient (Wildman–Crippen LogP) is 3.93. The van der Waals surface area contributed by atoms with E-state index in [-0.39, 0.29) is 6.03 Å². The second kappa shape index (κ2) is 7.31. The van der Waals surface area contributed by atoms with Crippen LogP contribution in [0, 0.1) is 0 Å². The molecule has 1 unspecified atom stereocenters. The molecule has 0 aliphatic carbocycles. The average Bonchev–Trinajstić information content (AvgIpc) is 3.32. The van der Waals surface area contributed by atoms with Crippen molar-refractivity contribution in [1.29, 1.82) is 0 Å². The Hall–Kier alpha value is -2.64. The van der Waals surface area contributed by atoms with Crippen LogP contribution < -0.4 is 10.6 Å². The van der Waals surface area contributed by atoms with Gasteiger partial charge in [0.1, 0.15) is 11.0 Å². The molecule has 2 aromatic carbocycles. The van der Waals surface area contributed by atoms with Crippen LogP contribution in [0.4, 0.5) is 16.2 Å². The van der Waals surface area contributed by atoms with Gasteiger partial charge in [0.15, 0.2) is 0 Å². The van der Waals surface area contributed by atoms with Gasteiger partial charge in [-0.05, 0) is 54.6 Å². The van der Waals surface area contributed by atoms with E-state index in [0.717, 1.165) is 36.8 Å². The van der Waals surface area contributed by atoms with Crippen LogP contribution in [0.2, 0.25) is 0 Å². The molecule has 0 bridgehead atoms. The Labute approximate surface area is 154 Å². The van der Waals surface area contributed by atoms with E-state index in [4.69, 9.17) is 0 Å². The lowest BCUT2D eigenvalue weighted by molar-refractivity contribution is 0.262. The van der Waals surface area contributed by atoms with Crippen molar-refractivity contribution >= 4 is 39.3 Å².